The van der Waals surface area contributed by atoms with Gasteiger partial charge in [-0.25, -0.2) is 4.98 Å². The van der Waals surface area contributed by atoms with Gasteiger partial charge in [0.25, 0.3) is 5.91 Å². The maximum atomic E-state index is 11.9. The van der Waals surface area contributed by atoms with Gasteiger partial charge in [-0.1, -0.05) is 11.8 Å². The molecule has 0 spiro atoms. The van der Waals surface area contributed by atoms with Crippen molar-refractivity contribution in [1.29, 1.82) is 0 Å². The fourth-order valence-corrected chi connectivity index (χ4v) is 1.46. The van der Waals surface area contributed by atoms with Gasteiger partial charge in [-0.2, -0.15) is 0 Å². The van der Waals surface area contributed by atoms with E-state index in [1.54, 1.807) is 18.3 Å². The molecule has 2 rings (SSSR count). The van der Waals surface area contributed by atoms with E-state index in [0.717, 1.165) is 0 Å². The molecule has 4 nitrogen and oxygen atoms in total. The van der Waals surface area contributed by atoms with E-state index in [1.807, 2.05) is 0 Å². The number of carbonyl (C=O) groups excluding carboxylic acids is 1. The zero-order valence-electron chi connectivity index (χ0n) is 9.44. The van der Waals surface area contributed by atoms with Crippen molar-refractivity contribution in [3.8, 4) is 11.8 Å². The fraction of sp³-hybridized carbons (Fsp3) is 0.385. The second-order valence-electron chi connectivity index (χ2n) is 4.01. The Balaban J connectivity index is 2.09. The molecule has 17 heavy (non-hydrogen) atoms. The second kappa shape index (κ2) is 5.46. The molecule has 1 aromatic heterocycles. The topological polar surface area (TPSA) is 62.2 Å². The van der Waals surface area contributed by atoms with Gasteiger partial charge in [-0.05, 0) is 30.9 Å². The highest BCUT2D eigenvalue weighted by Crippen LogP contribution is 2.27. The smallest absolute Gasteiger partial charge is 0.271 e. The van der Waals surface area contributed by atoms with Crippen LogP contribution in [0.1, 0.15) is 28.9 Å². The number of hydrogen-bond acceptors (Lipinski definition) is 3. The number of aromatic nitrogens is 1. The van der Waals surface area contributed by atoms with Crippen LogP contribution in [-0.2, 0) is 0 Å². The minimum Gasteiger partial charge on any atom is -0.384 e. The van der Waals surface area contributed by atoms with Crippen LogP contribution in [0.25, 0.3) is 0 Å². The maximum Gasteiger partial charge on any atom is 0.271 e. The quantitative estimate of drug-likeness (QED) is 0.746. The minimum atomic E-state index is -0.224. The van der Waals surface area contributed by atoms with Crippen molar-refractivity contribution in [2.24, 2.45) is 5.92 Å². The zero-order valence-corrected chi connectivity index (χ0v) is 9.44. The van der Waals surface area contributed by atoms with Gasteiger partial charge in [-0.15, -0.1) is 0 Å². The van der Waals surface area contributed by atoms with E-state index in [9.17, 15) is 4.79 Å². The summed E-state index contributed by atoms with van der Waals surface area (Å²) >= 11 is 0. The van der Waals surface area contributed by atoms with Crippen LogP contribution >= 0.6 is 0 Å². The predicted octanol–water partition coefficient (Wildman–Crippen LogP) is 0.565. The Morgan fingerprint density at radius 2 is 2.41 bits per heavy atom. The number of nitrogens with one attached hydrogen (secondary N) is 1. The van der Waals surface area contributed by atoms with Crippen molar-refractivity contribution in [2.45, 2.75) is 12.8 Å². The monoisotopic (exact) mass is 230 g/mol. The first-order valence-corrected chi connectivity index (χ1v) is 5.64. The Hall–Kier alpha value is -1.86. The van der Waals surface area contributed by atoms with Gasteiger partial charge >= 0.3 is 0 Å². The summed E-state index contributed by atoms with van der Waals surface area (Å²) in [6.45, 7) is 0.486. The van der Waals surface area contributed by atoms with Gasteiger partial charge in [0, 0.05) is 12.7 Å². The van der Waals surface area contributed by atoms with Crippen molar-refractivity contribution in [3.05, 3.63) is 29.6 Å². The van der Waals surface area contributed by atoms with E-state index in [-0.39, 0.29) is 12.5 Å². The summed E-state index contributed by atoms with van der Waals surface area (Å²) in [4.78, 5) is 15.9. The number of aliphatic hydroxyl groups is 1. The lowest BCUT2D eigenvalue weighted by Gasteiger charge is -2.04. The lowest BCUT2D eigenvalue weighted by Crippen LogP contribution is -2.27. The number of amides is 1. The van der Waals surface area contributed by atoms with E-state index in [0.29, 0.717) is 23.7 Å². The number of hydrogen-bond donors (Lipinski definition) is 2. The third-order valence-corrected chi connectivity index (χ3v) is 2.57. The second-order valence-corrected chi connectivity index (χ2v) is 4.01. The Morgan fingerprint density at radius 1 is 1.59 bits per heavy atom. The highest BCUT2D eigenvalue weighted by atomic mass is 16.2. The molecule has 0 saturated heterocycles. The molecule has 1 saturated carbocycles. The van der Waals surface area contributed by atoms with Crippen molar-refractivity contribution in [1.82, 2.24) is 10.3 Å². The molecule has 0 bridgehead atoms. The SMILES string of the molecule is O=C(NCC1CC1)c1ncccc1C#CCO. The standard InChI is InChI=1S/C13H14N2O2/c16-8-2-4-11-3-1-7-14-12(11)13(17)15-9-10-5-6-10/h1,3,7,10,16H,5-6,8-9H2,(H,15,17). The van der Waals surface area contributed by atoms with E-state index in [1.165, 1.54) is 12.8 Å². The normalized spacial score (nSPS) is 13.7. The van der Waals surface area contributed by atoms with Crippen LogP contribution in [-0.4, -0.2) is 29.1 Å². The van der Waals surface area contributed by atoms with Gasteiger partial charge < -0.3 is 10.4 Å². The summed E-state index contributed by atoms with van der Waals surface area (Å²) in [6.07, 6.45) is 3.95. The predicted molar refractivity (Wildman–Crippen MR) is 63.3 cm³/mol. The Bertz CT molecular complexity index is 470. The van der Waals surface area contributed by atoms with Crippen molar-refractivity contribution < 1.29 is 9.90 Å². The third-order valence-electron chi connectivity index (χ3n) is 2.57. The van der Waals surface area contributed by atoms with Crippen LogP contribution in [0.2, 0.25) is 0 Å². The summed E-state index contributed by atoms with van der Waals surface area (Å²) in [6, 6.07) is 3.45. The fourth-order valence-electron chi connectivity index (χ4n) is 1.46. The molecule has 0 aromatic carbocycles. The molecule has 88 valence electrons. The highest BCUT2D eigenvalue weighted by Gasteiger charge is 2.22. The number of pyridine rings is 1. The van der Waals surface area contributed by atoms with Crippen LogP contribution in [0.15, 0.2) is 18.3 Å². The molecule has 0 aliphatic heterocycles. The first kappa shape index (κ1) is 11.6. The summed E-state index contributed by atoms with van der Waals surface area (Å²) in [7, 11) is 0. The number of aliphatic hydroxyl groups excluding tert-OH is 1. The molecular weight excluding hydrogens is 216 g/mol. The van der Waals surface area contributed by atoms with Gasteiger partial charge in [0.2, 0.25) is 0 Å². The molecule has 1 aromatic rings. The molecule has 0 unspecified atom stereocenters. The average molecular weight is 230 g/mol. The first-order chi connectivity index (χ1) is 8.31. The maximum absolute atomic E-state index is 11.9. The Morgan fingerprint density at radius 3 is 3.12 bits per heavy atom. The lowest BCUT2D eigenvalue weighted by molar-refractivity contribution is 0.0946. The van der Waals surface area contributed by atoms with Crippen LogP contribution in [0.4, 0.5) is 0 Å². The van der Waals surface area contributed by atoms with Gasteiger partial charge in [0.1, 0.15) is 12.3 Å². The lowest BCUT2D eigenvalue weighted by atomic mass is 10.2. The summed E-state index contributed by atoms with van der Waals surface area (Å²) < 4.78 is 0. The Labute approximate surface area is 100 Å². The zero-order chi connectivity index (χ0) is 12.1. The van der Waals surface area contributed by atoms with Gasteiger partial charge in [0.15, 0.2) is 0 Å². The van der Waals surface area contributed by atoms with Crippen molar-refractivity contribution in [3.63, 3.8) is 0 Å². The van der Waals surface area contributed by atoms with E-state index in [4.69, 9.17) is 5.11 Å². The summed E-state index contributed by atoms with van der Waals surface area (Å²) in [5, 5.41) is 11.5. The van der Waals surface area contributed by atoms with E-state index < -0.39 is 0 Å². The average Bonchev–Trinajstić information content (AvgIpc) is 3.18. The Kier molecular flexibility index (Phi) is 3.73. The molecule has 4 heteroatoms. The largest absolute Gasteiger partial charge is 0.384 e. The van der Waals surface area contributed by atoms with Crippen molar-refractivity contribution in [2.75, 3.05) is 13.2 Å². The first-order valence-electron chi connectivity index (χ1n) is 5.64. The highest BCUT2D eigenvalue weighted by molar-refractivity contribution is 5.94. The molecule has 1 fully saturated rings. The molecular formula is C13H14N2O2. The number of rotatable bonds is 3. The molecule has 1 aliphatic carbocycles. The third kappa shape index (κ3) is 3.30. The van der Waals surface area contributed by atoms with Crippen LogP contribution in [0, 0.1) is 17.8 Å². The number of carbonyl (C=O) groups is 1. The van der Waals surface area contributed by atoms with Gasteiger partial charge in [-0.3, -0.25) is 4.79 Å². The summed E-state index contributed by atoms with van der Waals surface area (Å²) in [5.74, 6) is 5.69. The van der Waals surface area contributed by atoms with Crippen molar-refractivity contribution >= 4 is 5.91 Å². The van der Waals surface area contributed by atoms with Crippen LogP contribution in [0.3, 0.4) is 0 Å². The van der Waals surface area contributed by atoms with E-state index >= 15 is 0 Å². The molecule has 1 heterocycles. The molecule has 0 radical (unpaired) electrons. The van der Waals surface area contributed by atoms with Crippen LogP contribution < -0.4 is 5.32 Å². The molecule has 1 aliphatic rings. The summed E-state index contributed by atoms with van der Waals surface area (Å²) in [5.41, 5.74) is 0.879. The van der Waals surface area contributed by atoms with Crippen LogP contribution in [0.5, 0.6) is 0 Å². The number of nitrogens with zero attached hydrogens (tertiary/aromatic N) is 1. The van der Waals surface area contributed by atoms with E-state index in [2.05, 4.69) is 22.1 Å². The molecule has 0 atom stereocenters. The minimum absolute atomic E-state index is 0.195. The molecule has 2 N–H and O–H groups in total. The molecule has 1 amide bonds. The van der Waals surface area contributed by atoms with Gasteiger partial charge in [0.05, 0.1) is 5.56 Å².